The smallest absolute Gasteiger partial charge is 0.337 e. The first-order chi connectivity index (χ1) is 22.4. The van der Waals surface area contributed by atoms with Crippen molar-refractivity contribution >= 4 is 17.6 Å². The SMILES string of the molecule is COC(=O)C1=C(C)NC(C)=C(C(=O)OC2(C)CCN(CCC(c3ccc(F)cc3)c3ccc(F)cc3)C2)C1c1cccc([N+](=O)[O-])c1. The maximum Gasteiger partial charge on any atom is 0.337 e. The molecule has 0 radical (unpaired) electrons. The molecule has 0 amide bonds. The topological polar surface area (TPSA) is 111 Å². The van der Waals surface area contributed by atoms with Crippen LogP contribution in [-0.4, -0.2) is 54.1 Å². The largest absolute Gasteiger partial charge is 0.466 e. The number of esters is 2. The van der Waals surface area contributed by atoms with Crippen LogP contribution in [0.1, 0.15) is 62.1 Å². The van der Waals surface area contributed by atoms with Gasteiger partial charge < -0.3 is 14.8 Å². The van der Waals surface area contributed by atoms with E-state index in [2.05, 4.69) is 10.2 Å². The molecular formula is C36H37F2N3O6. The van der Waals surface area contributed by atoms with Crippen LogP contribution in [-0.2, 0) is 19.1 Å². The molecule has 9 nitrogen and oxygen atoms in total. The van der Waals surface area contributed by atoms with Crippen molar-refractivity contribution < 1.29 is 32.8 Å². The normalized spacial score (nSPS) is 19.9. The minimum absolute atomic E-state index is 0.103. The average Bonchev–Trinajstić information content (AvgIpc) is 3.41. The molecule has 2 aliphatic heterocycles. The summed E-state index contributed by atoms with van der Waals surface area (Å²) in [5.74, 6) is -3.03. The zero-order valence-corrected chi connectivity index (χ0v) is 26.7. The van der Waals surface area contributed by atoms with Crippen LogP contribution in [0.3, 0.4) is 0 Å². The summed E-state index contributed by atoms with van der Waals surface area (Å²) in [6.07, 6.45) is 1.22. The van der Waals surface area contributed by atoms with Gasteiger partial charge in [-0.3, -0.25) is 15.0 Å². The van der Waals surface area contributed by atoms with E-state index >= 15 is 0 Å². The molecule has 246 valence electrons. The molecule has 0 saturated carbocycles. The standard InChI is InChI=1S/C36H37F2N3O6/c1-22-31(34(42)46-4)33(26-6-5-7-29(20-26)41(44)45)32(23(2)39-22)35(43)47-36(3)17-19-40(21-36)18-16-30(24-8-12-27(37)13-9-24)25-10-14-28(38)15-11-25/h5-15,20,30,33,39H,16-19,21H2,1-4H3. The minimum atomic E-state index is -0.954. The van der Waals surface area contributed by atoms with Gasteiger partial charge in [0.25, 0.3) is 5.69 Å². The molecule has 0 bridgehead atoms. The second-order valence-electron chi connectivity index (χ2n) is 12.3. The lowest BCUT2D eigenvalue weighted by molar-refractivity contribution is -0.384. The number of hydrogen-bond acceptors (Lipinski definition) is 8. The number of methoxy groups -OCH3 is 1. The van der Waals surface area contributed by atoms with Crippen molar-refractivity contribution in [2.75, 3.05) is 26.7 Å². The molecule has 3 aromatic rings. The Hall–Kier alpha value is -4.90. The number of ether oxygens (including phenoxy) is 2. The highest BCUT2D eigenvalue weighted by Gasteiger charge is 2.43. The minimum Gasteiger partial charge on any atom is -0.466 e. The van der Waals surface area contributed by atoms with E-state index in [0.29, 0.717) is 49.4 Å². The number of carbonyl (C=O) groups is 2. The third-order valence-corrected chi connectivity index (χ3v) is 8.93. The fraction of sp³-hybridized carbons (Fsp3) is 0.333. The second kappa shape index (κ2) is 13.8. The van der Waals surface area contributed by atoms with Gasteiger partial charge in [-0.2, -0.15) is 0 Å². The third kappa shape index (κ3) is 7.41. The van der Waals surface area contributed by atoms with Crippen molar-refractivity contribution in [2.24, 2.45) is 0 Å². The number of benzene rings is 3. The lowest BCUT2D eigenvalue weighted by Gasteiger charge is -2.33. The van der Waals surface area contributed by atoms with Crippen molar-refractivity contribution in [3.8, 4) is 0 Å². The Bertz CT molecular complexity index is 1690. The number of nitro groups is 1. The predicted molar refractivity (Wildman–Crippen MR) is 171 cm³/mol. The molecule has 0 aromatic heterocycles. The number of carbonyl (C=O) groups excluding carboxylic acids is 2. The Morgan fingerprint density at radius 3 is 2.11 bits per heavy atom. The van der Waals surface area contributed by atoms with E-state index in [4.69, 9.17) is 9.47 Å². The van der Waals surface area contributed by atoms with E-state index in [-0.39, 0.29) is 34.4 Å². The predicted octanol–water partition coefficient (Wildman–Crippen LogP) is 6.51. The highest BCUT2D eigenvalue weighted by atomic mass is 19.1. The summed E-state index contributed by atoms with van der Waals surface area (Å²) in [6.45, 7) is 6.98. The fourth-order valence-electron chi connectivity index (χ4n) is 6.60. The summed E-state index contributed by atoms with van der Waals surface area (Å²) >= 11 is 0. The maximum atomic E-state index is 14.0. The van der Waals surface area contributed by atoms with Crippen LogP contribution in [0.15, 0.2) is 95.3 Å². The number of halogens is 2. The summed E-state index contributed by atoms with van der Waals surface area (Å²) < 4.78 is 38.6. The molecule has 47 heavy (non-hydrogen) atoms. The van der Waals surface area contributed by atoms with Crippen LogP contribution >= 0.6 is 0 Å². The van der Waals surface area contributed by atoms with Crippen LogP contribution < -0.4 is 5.32 Å². The molecule has 1 saturated heterocycles. The van der Waals surface area contributed by atoms with Crippen molar-refractivity contribution in [3.63, 3.8) is 0 Å². The van der Waals surface area contributed by atoms with Gasteiger partial charge in [-0.05, 0) is 74.7 Å². The summed E-state index contributed by atoms with van der Waals surface area (Å²) in [4.78, 5) is 40.3. The molecule has 0 aliphatic carbocycles. The van der Waals surface area contributed by atoms with E-state index in [1.807, 2.05) is 6.92 Å². The number of nitro benzene ring substituents is 1. The summed E-state index contributed by atoms with van der Waals surface area (Å²) in [5, 5.41) is 14.7. The Morgan fingerprint density at radius 2 is 1.55 bits per heavy atom. The molecule has 1 N–H and O–H groups in total. The molecule has 2 aliphatic rings. The fourth-order valence-corrected chi connectivity index (χ4v) is 6.60. The number of rotatable bonds is 10. The van der Waals surface area contributed by atoms with E-state index in [9.17, 15) is 28.5 Å². The Kier molecular flexibility index (Phi) is 9.85. The maximum absolute atomic E-state index is 14.0. The molecule has 5 rings (SSSR count). The van der Waals surface area contributed by atoms with Crippen molar-refractivity contribution in [1.82, 2.24) is 10.2 Å². The van der Waals surface area contributed by atoms with E-state index in [0.717, 1.165) is 11.1 Å². The van der Waals surface area contributed by atoms with Gasteiger partial charge in [0.05, 0.1) is 29.1 Å². The molecule has 3 aromatic carbocycles. The number of dihydropyridines is 1. The van der Waals surface area contributed by atoms with Crippen LogP contribution in [0.4, 0.5) is 14.5 Å². The first-order valence-electron chi connectivity index (χ1n) is 15.4. The monoisotopic (exact) mass is 645 g/mol. The summed E-state index contributed by atoms with van der Waals surface area (Å²) in [7, 11) is 1.24. The first-order valence-corrected chi connectivity index (χ1v) is 15.4. The zero-order chi connectivity index (χ0) is 33.9. The average molecular weight is 646 g/mol. The zero-order valence-electron chi connectivity index (χ0n) is 26.7. The molecule has 2 unspecified atom stereocenters. The van der Waals surface area contributed by atoms with Gasteiger partial charge in [-0.1, -0.05) is 36.4 Å². The van der Waals surface area contributed by atoms with Crippen LogP contribution in [0.5, 0.6) is 0 Å². The van der Waals surface area contributed by atoms with Crippen LogP contribution in [0.25, 0.3) is 0 Å². The van der Waals surface area contributed by atoms with Gasteiger partial charge in [0.2, 0.25) is 0 Å². The van der Waals surface area contributed by atoms with Crippen molar-refractivity contribution in [2.45, 2.75) is 51.0 Å². The number of nitrogens with one attached hydrogen (secondary N) is 1. The van der Waals surface area contributed by atoms with Gasteiger partial charge in [0.15, 0.2) is 0 Å². The van der Waals surface area contributed by atoms with Crippen molar-refractivity contribution in [1.29, 1.82) is 0 Å². The van der Waals surface area contributed by atoms with E-state index in [1.165, 1.54) is 49.6 Å². The van der Waals surface area contributed by atoms with Gasteiger partial charge in [0.1, 0.15) is 17.2 Å². The van der Waals surface area contributed by atoms with E-state index < -0.39 is 28.4 Å². The van der Waals surface area contributed by atoms with E-state index in [1.54, 1.807) is 44.2 Å². The molecule has 11 heteroatoms. The van der Waals surface area contributed by atoms with Crippen LogP contribution in [0.2, 0.25) is 0 Å². The van der Waals surface area contributed by atoms with Gasteiger partial charge in [-0.25, -0.2) is 18.4 Å². The highest BCUT2D eigenvalue weighted by molar-refractivity contribution is 6.00. The summed E-state index contributed by atoms with van der Waals surface area (Å²) in [6, 6.07) is 18.5. The Morgan fingerprint density at radius 1 is 0.979 bits per heavy atom. The Labute approximate surface area is 272 Å². The number of allylic oxidation sites excluding steroid dienone is 2. The molecule has 2 atom stereocenters. The number of non-ortho nitro benzene ring substituents is 1. The Balaban J connectivity index is 1.35. The third-order valence-electron chi connectivity index (χ3n) is 8.93. The molecule has 0 spiro atoms. The second-order valence-corrected chi connectivity index (χ2v) is 12.3. The first kappa shape index (κ1) is 33.5. The number of likely N-dealkylation sites (tertiary alicyclic amines) is 1. The lowest BCUT2D eigenvalue weighted by atomic mass is 9.80. The molecule has 2 heterocycles. The van der Waals surface area contributed by atoms with Crippen LogP contribution in [0, 0.1) is 21.7 Å². The number of nitrogens with zero attached hydrogens (tertiary/aromatic N) is 2. The summed E-state index contributed by atoms with van der Waals surface area (Å²) in [5.41, 5.74) is 2.45. The van der Waals surface area contributed by atoms with Gasteiger partial charge in [0, 0.05) is 49.0 Å². The molecular weight excluding hydrogens is 608 g/mol. The van der Waals surface area contributed by atoms with Gasteiger partial charge in [-0.15, -0.1) is 0 Å². The number of hydrogen-bond donors (Lipinski definition) is 1. The van der Waals surface area contributed by atoms with Crippen molar-refractivity contribution in [3.05, 3.63) is 134 Å². The molecule has 1 fully saturated rings. The van der Waals surface area contributed by atoms with Gasteiger partial charge >= 0.3 is 11.9 Å². The highest BCUT2D eigenvalue weighted by Crippen LogP contribution is 2.41. The lowest BCUT2D eigenvalue weighted by Crippen LogP contribution is -2.39. The quantitative estimate of drug-likeness (QED) is 0.151.